The standard InChI is InChI=1S/C5H6N2O2S.K/c6-10(8,9)5-3-1-2-4-7-5;/h1-4H,(H2,6,8,9);. The van der Waals surface area contributed by atoms with E-state index in [2.05, 4.69) is 4.98 Å². The first kappa shape index (κ1) is 11.7. The van der Waals surface area contributed by atoms with E-state index in [-0.39, 0.29) is 56.4 Å². The maximum atomic E-state index is 10.5. The molecule has 55 valence electrons. The first-order chi connectivity index (χ1) is 4.61. The summed E-state index contributed by atoms with van der Waals surface area (Å²) in [5.74, 6) is 0. The molecule has 0 fully saturated rings. The second-order valence-corrected chi connectivity index (χ2v) is 3.22. The average molecular weight is 197 g/mol. The number of sulfonamides is 1. The molecule has 0 unspecified atom stereocenters. The van der Waals surface area contributed by atoms with Crippen LogP contribution in [0.5, 0.6) is 0 Å². The van der Waals surface area contributed by atoms with E-state index in [9.17, 15) is 8.42 Å². The van der Waals surface area contributed by atoms with Crippen molar-refractivity contribution in [1.82, 2.24) is 4.98 Å². The van der Waals surface area contributed by atoms with Crippen LogP contribution in [0.4, 0.5) is 0 Å². The maximum Gasteiger partial charge on any atom is 0.255 e. The van der Waals surface area contributed by atoms with E-state index in [1.54, 1.807) is 12.1 Å². The number of pyridine rings is 1. The Morgan fingerprint density at radius 1 is 1.36 bits per heavy atom. The molecule has 4 nitrogen and oxygen atoms in total. The smallest absolute Gasteiger partial charge is 0.243 e. The molecular weight excluding hydrogens is 191 g/mol. The van der Waals surface area contributed by atoms with Gasteiger partial charge in [0.15, 0.2) is 5.03 Å². The summed E-state index contributed by atoms with van der Waals surface area (Å²) >= 11 is 0. The third-order valence-electron chi connectivity index (χ3n) is 0.929. The third kappa shape index (κ3) is 3.75. The van der Waals surface area contributed by atoms with Crippen molar-refractivity contribution in [2.24, 2.45) is 5.14 Å². The molecule has 0 aliphatic rings. The summed E-state index contributed by atoms with van der Waals surface area (Å²) in [5.41, 5.74) is 0. The van der Waals surface area contributed by atoms with Crippen LogP contribution in [-0.4, -0.2) is 64.8 Å². The summed E-state index contributed by atoms with van der Waals surface area (Å²) in [6.07, 6.45) is 1.37. The summed E-state index contributed by atoms with van der Waals surface area (Å²) in [5, 5.41) is 4.66. The van der Waals surface area contributed by atoms with Crippen LogP contribution >= 0.6 is 0 Å². The van der Waals surface area contributed by atoms with Crippen LogP contribution < -0.4 is 5.14 Å². The monoisotopic (exact) mass is 197 g/mol. The van der Waals surface area contributed by atoms with Crippen LogP contribution in [0.1, 0.15) is 0 Å². The molecule has 1 aromatic heterocycles. The van der Waals surface area contributed by atoms with E-state index in [0.29, 0.717) is 0 Å². The topological polar surface area (TPSA) is 73.1 Å². The quantitative estimate of drug-likeness (QED) is 0.608. The van der Waals surface area contributed by atoms with Crippen molar-refractivity contribution in [1.29, 1.82) is 0 Å². The summed E-state index contributed by atoms with van der Waals surface area (Å²) in [6.45, 7) is 0. The van der Waals surface area contributed by atoms with Crippen LogP contribution in [0.3, 0.4) is 0 Å². The van der Waals surface area contributed by atoms with Gasteiger partial charge in [0.1, 0.15) is 0 Å². The minimum atomic E-state index is -3.61. The molecule has 1 heterocycles. The second-order valence-electron chi connectivity index (χ2n) is 1.71. The SMILES string of the molecule is NS(=O)(=O)c1ccccn1.[K]. The summed E-state index contributed by atoms with van der Waals surface area (Å²) in [6, 6.07) is 4.52. The summed E-state index contributed by atoms with van der Waals surface area (Å²) in [4.78, 5) is 3.54. The van der Waals surface area contributed by atoms with Gasteiger partial charge in [-0.2, -0.15) is 0 Å². The summed E-state index contributed by atoms with van der Waals surface area (Å²) in [7, 11) is -3.61. The number of primary sulfonamides is 1. The van der Waals surface area contributed by atoms with Gasteiger partial charge in [-0.1, -0.05) is 6.07 Å². The number of hydrogen-bond acceptors (Lipinski definition) is 3. The molecule has 0 bridgehead atoms. The molecule has 0 aromatic carbocycles. The Bertz CT molecular complexity index is 311. The molecule has 6 heteroatoms. The fraction of sp³-hybridized carbons (Fsp3) is 0. The van der Waals surface area contributed by atoms with Gasteiger partial charge < -0.3 is 0 Å². The Morgan fingerprint density at radius 2 is 2.00 bits per heavy atom. The molecule has 1 radical (unpaired) electrons. The maximum absolute atomic E-state index is 10.5. The van der Waals surface area contributed by atoms with Crippen molar-refractivity contribution < 1.29 is 8.42 Å². The van der Waals surface area contributed by atoms with E-state index in [0.717, 1.165) is 0 Å². The van der Waals surface area contributed by atoms with E-state index >= 15 is 0 Å². The Labute approximate surface area is 108 Å². The van der Waals surface area contributed by atoms with Gasteiger partial charge in [-0.25, -0.2) is 18.5 Å². The largest absolute Gasteiger partial charge is 0.255 e. The molecule has 1 aromatic rings. The minimum Gasteiger partial charge on any atom is -0.243 e. The van der Waals surface area contributed by atoms with Gasteiger partial charge in [-0.15, -0.1) is 0 Å². The average Bonchev–Trinajstić information content (AvgIpc) is 1.88. The van der Waals surface area contributed by atoms with E-state index in [1.165, 1.54) is 12.3 Å². The van der Waals surface area contributed by atoms with E-state index < -0.39 is 10.0 Å². The Balaban J connectivity index is 0.000001000. The van der Waals surface area contributed by atoms with Gasteiger partial charge in [-0.05, 0) is 12.1 Å². The van der Waals surface area contributed by atoms with Crippen molar-refractivity contribution in [2.75, 3.05) is 0 Å². The molecule has 0 saturated carbocycles. The molecular formula is C5H6KN2O2S. The molecule has 11 heavy (non-hydrogen) atoms. The number of hydrogen-bond donors (Lipinski definition) is 1. The number of nitrogens with zero attached hydrogens (tertiary/aromatic N) is 1. The predicted molar refractivity (Wildman–Crippen MR) is 41.4 cm³/mol. The molecule has 0 saturated heterocycles. The zero-order valence-electron chi connectivity index (χ0n) is 6.06. The van der Waals surface area contributed by atoms with Crippen LogP contribution in [0.15, 0.2) is 29.4 Å². The van der Waals surface area contributed by atoms with Crippen LogP contribution in [-0.2, 0) is 10.0 Å². The van der Waals surface area contributed by atoms with Gasteiger partial charge in [0, 0.05) is 57.6 Å². The van der Waals surface area contributed by atoms with Crippen molar-refractivity contribution in [2.45, 2.75) is 5.03 Å². The van der Waals surface area contributed by atoms with Gasteiger partial charge in [0.05, 0.1) is 0 Å². The van der Waals surface area contributed by atoms with Crippen molar-refractivity contribution >= 4 is 61.4 Å². The van der Waals surface area contributed by atoms with Gasteiger partial charge in [-0.3, -0.25) is 0 Å². The molecule has 0 aliphatic heterocycles. The second kappa shape index (κ2) is 4.66. The summed E-state index contributed by atoms with van der Waals surface area (Å²) < 4.78 is 21.1. The fourth-order valence-electron chi connectivity index (χ4n) is 0.515. The minimum absolute atomic E-state index is 0. The van der Waals surface area contributed by atoms with Crippen LogP contribution in [0.25, 0.3) is 0 Å². The molecule has 1 rings (SSSR count). The molecule has 0 atom stereocenters. The Morgan fingerprint density at radius 3 is 2.27 bits per heavy atom. The van der Waals surface area contributed by atoms with Gasteiger partial charge in [0.2, 0.25) is 0 Å². The molecule has 0 amide bonds. The van der Waals surface area contributed by atoms with E-state index in [4.69, 9.17) is 5.14 Å². The van der Waals surface area contributed by atoms with E-state index in [1.807, 2.05) is 0 Å². The van der Waals surface area contributed by atoms with Crippen molar-refractivity contribution in [3.05, 3.63) is 24.4 Å². The van der Waals surface area contributed by atoms with Crippen molar-refractivity contribution in [3.63, 3.8) is 0 Å². The fourth-order valence-corrected chi connectivity index (χ4v) is 0.991. The van der Waals surface area contributed by atoms with Gasteiger partial charge >= 0.3 is 0 Å². The number of aromatic nitrogens is 1. The number of rotatable bonds is 1. The zero-order chi connectivity index (χ0) is 7.61. The van der Waals surface area contributed by atoms with Crippen molar-refractivity contribution in [3.8, 4) is 0 Å². The molecule has 2 N–H and O–H groups in total. The first-order valence-corrected chi connectivity index (χ1v) is 4.09. The Kier molecular flexibility index (Phi) is 4.95. The zero-order valence-corrected chi connectivity index (χ0v) is 10.00. The Hall–Kier alpha value is 0.696. The first-order valence-electron chi connectivity index (χ1n) is 2.54. The normalized spacial score (nSPS) is 10.3. The van der Waals surface area contributed by atoms with Crippen LogP contribution in [0, 0.1) is 0 Å². The van der Waals surface area contributed by atoms with Gasteiger partial charge in [0.25, 0.3) is 10.0 Å². The molecule has 0 spiro atoms. The van der Waals surface area contributed by atoms with Crippen LogP contribution in [0.2, 0.25) is 0 Å². The molecule has 0 aliphatic carbocycles. The number of nitrogens with two attached hydrogens (primary N) is 1. The predicted octanol–water partition coefficient (Wildman–Crippen LogP) is -0.652. The third-order valence-corrected chi connectivity index (χ3v) is 1.75.